The monoisotopic (exact) mass is 179 g/mol. The molecule has 0 fully saturated rings. The predicted octanol–water partition coefficient (Wildman–Crippen LogP) is 0.947. The Hall–Kier alpha value is -1.67. The van der Waals surface area contributed by atoms with Gasteiger partial charge in [0, 0.05) is 0 Å². The fourth-order valence-electron chi connectivity index (χ4n) is 0.768. The van der Waals surface area contributed by atoms with Gasteiger partial charge in [-0.15, -0.1) is 0 Å². The summed E-state index contributed by atoms with van der Waals surface area (Å²) in [6.07, 6.45) is 1.38. The van der Waals surface area contributed by atoms with E-state index in [0.717, 1.165) is 0 Å². The zero-order valence-electron chi connectivity index (χ0n) is 6.05. The molecule has 0 aliphatic rings. The second-order valence-electron chi connectivity index (χ2n) is 2.01. The summed E-state index contributed by atoms with van der Waals surface area (Å²) in [5, 5.41) is 8.55. The van der Waals surface area contributed by atoms with Crippen LogP contribution in [0.15, 0.2) is 11.4 Å². The molecule has 2 N–H and O–H groups in total. The number of aromatic amines is 2. The molecule has 0 amide bonds. The highest BCUT2D eigenvalue weighted by Gasteiger charge is 2.02. The molecule has 12 heavy (non-hydrogen) atoms. The van der Waals surface area contributed by atoms with Gasteiger partial charge in [0.2, 0.25) is 0 Å². The lowest BCUT2D eigenvalue weighted by Crippen LogP contribution is -2.13. The van der Waals surface area contributed by atoms with Crippen molar-refractivity contribution in [3.8, 4) is 6.07 Å². The lowest BCUT2D eigenvalue weighted by Gasteiger charge is -1.94. The zero-order chi connectivity index (χ0) is 9.14. The van der Waals surface area contributed by atoms with Gasteiger partial charge >= 0.3 is 0 Å². The molecule has 0 aliphatic heterocycles. The number of H-pyrrole nitrogens is 2. The number of nitrogens with one attached hydrogen (secondary N) is 2. The number of rotatable bonds is 1. The Kier molecular flexibility index (Phi) is 2.21. The third kappa shape index (κ3) is 1.33. The molecule has 0 spiro atoms. The van der Waals surface area contributed by atoms with Gasteiger partial charge in [0.25, 0.3) is 5.56 Å². The third-order valence-electron chi connectivity index (χ3n) is 1.29. The smallest absolute Gasteiger partial charge is 0.270 e. The van der Waals surface area contributed by atoms with E-state index in [9.17, 15) is 4.79 Å². The van der Waals surface area contributed by atoms with Gasteiger partial charge in [-0.2, -0.15) is 5.26 Å². The molecule has 1 heterocycles. The number of nitriles is 1. The Bertz CT molecular complexity index is 463. The van der Waals surface area contributed by atoms with Gasteiger partial charge in [-0.1, -0.05) is 6.58 Å². The Labute approximate surface area is 73.2 Å². The standard InChI is InChI=1S/C7H5N3OS/c1-2-5-4(3-8)6(11)10-7(12)9-5/h2H,1H2,(H2,9,10,11,12). The summed E-state index contributed by atoms with van der Waals surface area (Å²) in [4.78, 5) is 16.0. The first-order valence-electron chi connectivity index (χ1n) is 3.08. The normalized spacial score (nSPS) is 8.92. The van der Waals surface area contributed by atoms with Gasteiger partial charge in [-0.05, 0) is 18.3 Å². The summed E-state index contributed by atoms with van der Waals surface area (Å²) in [6.45, 7) is 3.44. The molecule has 0 bridgehead atoms. The van der Waals surface area contributed by atoms with Crippen molar-refractivity contribution in [1.29, 1.82) is 5.26 Å². The summed E-state index contributed by atoms with van der Waals surface area (Å²) in [7, 11) is 0. The zero-order valence-corrected chi connectivity index (χ0v) is 6.86. The SMILES string of the molecule is C=Cc1[nH]c(=S)[nH]c(=O)c1C#N. The highest BCUT2D eigenvalue weighted by molar-refractivity contribution is 7.71. The van der Waals surface area contributed by atoms with Crippen LogP contribution in [0.25, 0.3) is 6.08 Å². The molecule has 1 rings (SSSR count). The first-order chi connectivity index (χ1) is 5.69. The van der Waals surface area contributed by atoms with Crippen molar-refractivity contribution in [2.75, 3.05) is 0 Å². The van der Waals surface area contributed by atoms with Crippen LogP contribution in [0.2, 0.25) is 0 Å². The van der Waals surface area contributed by atoms with Crippen LogP contribution >= 0.6 is 12.2 Å². The number of hydrogen-bond donors (Lipinski definition) is 2. The minimum atomic E-state index is -0.490. The van der Waals surface area contributed by atoms with Crippen LogP contribution in [-0.2, 0) is 0 Å². The average Bonchev–Trinajstić information content (AvgIpc) is 2.03. The van der Waals surface area contributed by atoms with Crippen molar-refractivity contribution >= 4 is 18.3 Å². The van der Waals surface area contributed by atoms with E-state index in [0.29, 0.717) is 5.69 Å². The van der Waals surface area contributed by atoms with E-state index < -0.39 is 5.56 Å². The topological polar surface area (TPSA) is 72.4 Å². The van der Waals surface area contributed by atoms with Crippen LogP contribution < -0.4 is 5.56 Å². The molecule has 0 saturated heterocycles. The first kappa shape index (κ1) is 8.43. The molecule has 0 radical (unpaired) electrons. The van der Waals surface area contributed by atoms with Crippen molar-refractivity contribution in [3.05, 3.63) is 33.0 Å². The molecule has 0 unspecified atom stereocenters. The number of hydrogen-bond acceptors (Lipinski definition) is 3. The maximum atomic E-state index is 11.0. The first-order valence-corrected chi connectivity index (χ1v) is 3.49. The van der Waals surface area contributed by atoms with E-state index in [-0.39, 0.29) is 10.3 Å². The van der Waals surface area contributed by atoms with Gasteiger partial charge in [0.1, 0.15) is 11.6 Å². The summed E-state index contributed by atoms with van der Waals surface area (Å²) < 4.78 is 0.189. The van der Waals surface area contributed by atoms with Gasteiger partial charge in [-0.3, -0.25) is 9.78 Å². The maximum Gasteiger partial charge on any atom is 0.270 e. The van der Waals surface area contributed by atoms with Crippen LogP contribution in [0.4, 0.5) is 0 Å². The molecule has 1 aromatic rings. The van der Waals surface area contributed by atoms with Gasteiger partial charge in [-0.25, -0.2) is 0 Å². The van der Waals surface area contributed by atoms with E-state index in [2.05, 4.69) is 16.5 Å². The van der Waals surface area contributed by atoms with Crippen LogP contribution in [-0.4, -0.2) is 9.97 Å². The summed E-state index contributed by atoms with van der Waals surface area (Å²) in [6, 6.07) is 1.75. The van der Waals surface area contributed by atoms with E-state index >= 15 is 0 Å². The van der Waals surface area contributed by atoms with Crippen LogP contribution in [0.1, 0.15) is 11.3 Å². The van der Waals surface area contributed by atoms with E-state index in [4.69, 9.17) is 17.5 Å². The summed E-state index contributed by atoms with van der Waals surface area (Å²) in [5.74, 6) is 0. The molecular weight excluding hydrogens is 174 g/mol. The van der Waals surface area contributed by atoms with Crippen LogP contribution in [0.3, 0.4) is 0 Å². The van der Waals surface area contributed by atoms with Gasteiger partial charge in [0.05, 0.1) is 5.69 Å². The van der Waals surface area contributed by atoms with Crippen molar-refractivity contribution in [1.82, 2.24) is 9.97 Å². The van der Waals surface area contributed by atoms with Crippen molar-refractivity contribution in [3.63, 3.8) is 0 Å². The van der Waals surface area contributed by atoms with E-state index in [1.807, 2.05) is 0 Å². The largest absolute Gasteiger partial charge is 0.331 e. The Morgan fingerprint density at radius 3 is 2.75 bits per heavy atom. The molecule has 4 nitrogen and oxygen atoms in total. The minimum absolute atomic E-state index is 0.00130. The van der Waals surface area contributed by atoms with Crippen molar-refractivity contribution in [2.24, 2.45) is 0 Å². The van der Waals surface area contributed by atoms with Crippen molar-refractivity contribution < 1.29 is 0 Å². The fourth-order valence-corrected chi connectivity index (χ4v) is 0.971. The molecule has 0 saturated carbocycles. The molecule has 0 aromatic carbocycles. The fraction of sp³-hybridized carbons (Fsp3) is 0. The average molecular weight is 179 g/mol. The second-order valence-corrected chi connectivity index (χ2v) is 2.42. The second kappa shape index (κ2) is 3.15. The van der Waals surface area contributed by atoms with E-state index in [1.54, 1.807) is 6.07 Å². The number of aromatic nitrogens is 2. The highest BCUT2D eigenvalue weighted by Crippen LogP contribution is 1.98. The molecule has 60 valence electrons. The Balaban J connectivity index is 3.69. The molecule has 5 heteroatoms. The minimum Gasteiger partial charge on any atom is -0.331 e. The predicted molar refractivity (Wildman–Crippen MR) is 47.1 cm³/mol. The Morgan fingerprint density at radius 2 is 2.25 bits per heavy atom. The molecule has 0 atom stereocenters. The van der Waals surface area contributed by atoms with Crippen LogP contribution in [0.5, 0.6) is 0 Å². The Morgan fingerprint density at radius 1 is 1.58 bits per heavy atom. The van der Waals surface area contributed by atoms with Gasteiger partial charge in [0.15, 0.2) is 4.77 Å². The third-order valence-corrected chi connectivity index (χ3v) is 1.49. The summed E-state index contributed by atoms with van der Waals surface area (Å²) >= 11 is 4.69. The highest BCUT2D eigenvalue weighted by atomic mass is 32.1. The van der Waals surface area contributed by atoms with Crippen molar-refractivity contribution in [2.45, 2.75) is 0 Å². The molecule has 1 aromatic heterocycles. The molecular formula is C7H5N3OS. The van der Waals surface area contributed by atoms with Gasteiger partial charge < -0.3 is 4.98 Å². The summed E-state index contributed by atoms with van der Waals surface area (Å²) in [5.41, 5.74) is -0.138. The quantitative estimate of drug-likeness (QED) is 0.630. The van der Waals surface area contributed by atoms with Crippen LogP contribution in [0, 0.1) is 16.1 Å². The maximum absolute atomic E-state index is 11.0. The number of nitrogens with zero attached hydrogens (tertiary/aromatic N) is 1. The molecule has 0 aliphatic carbocycles. The van der Waals surface area contributed by atoms with E-state index in [1.165, 1.54) is 6.08 Å². The lowest BCUT2D eigenvalue weighted by molar-refractivity contribution is 1.06. The lowest BCUT2D eigenvalue weighted by atomic mass is 10.2.